The molecule has 0 fully saturated rings. The molecule has 0 radical (unpaired) electrons. The average molecular weight is 298 g/mol. The van der Waals surface area contributed by atoms with Gasteiger partial charge in [0.15, 0.2) is 0 Å². The molecule has 1 aromatic carbocycles. The first-order chi connectivity index (χ1) is 10.1. The molecule has 0 atom stereocenters. The summed E-state index contributed by atoms with van der Waals surface area (Å²) in [6, 6.07) is 6.56. The summed E-state index contributed by atoms with van der Waals surface area (Å²) < 4.78 is 6.10. The summed E-state index contributed by atoms with van der Waals surface area (Å²) >= 11 is 1.86. The van der Waals surface area contributed by atoms with E-state index in [0.717, 1.165) is 24.4 Å². The number of thioether (sulfide) groups is 1. The first-order valence-corrected chi connectivity index (χ1v) is 8.60. The van der Waals surface area contributed by atoms with Gasteiger partial charge in [-0.1, -0.05) is 57.2 Å². The zero-order chi connectivity index (χ0) is 15.0. The molecule has 0 amide bonds. The second-order valence-corrected chi connectivity index (χ2v) is 6.87. The van der Waals surface area contributed by atoms with E-state index < -0.39 is 0 Å². The minimum atomic E-state index is 0.546. The lowest BCUT2D eigenvalue weighted by molar-refractivity contribution is 0.430. The number of benzene rings is 1. The summed E-state index contributed by atoms with van der Waals surface area (Å²) in [5, 5.41) is 0. The van der Waals surface area contributed by atoms with Gasteiger partial charge in [-0.15, -0.1) is 0 Å². The molecule has 1 heterocycles. The zero-order valence-electron chi connectivity index (χ0n) is 13.2. The van der Waals surface area contributed by atoms with Crippen molar-refractivity contribution in [2.45, 2.75) is 51.3 Å². The smallest absolute Gasteiger partial charge is 0.142 e. The van der Waals surface area contributed by atoms with Gasteiger partial charge in [0.1, 0.15) is 11.5 Å². The molecule has 1 aliphatic carbocycles. The molecule has 1 nitrogen and oxygen atoms in total. The Morgan fingerprint density at radius 3 is 2.57 bits per heavy atom. The molecule has 2 aliphatic rings. The summed E-state index contributed by atoms with van der Waals surface area (Å²) in [4.78, 5) is 2.54. The van der Waals surface area contributed by atoms with Gasteiger partial charge in [-0.05, 0) is 48.1 Å². The molecule has 0 saturated carbocycles. The van der Waals surface area contributed by atoms with Crippen LogP contribution in [0.2, 0.25) is 0 Å². The molecule has 110 valence electrons. The molecular formula is C19H22OS. The van der Waals surface area contributed by atoms with Gasteiger partial charge >= 0.3 is 0 Å². The van der Waals surface area contributed by atoms with Gasteiger partial charge in [-0.2, -0.15) is 0 Å². The van der Waals surface area contributed by atoms with Crippen molar-refractivity contribution in [2.75, 3.05) is 0 Å². The Hall–Kier alpha value is -1.41. The Morgan fingerprint density at radius 2 is 1.90 bits per heavy atom. The Kier molecular flexibility index (Phi) is 3.99. The topological polar surface area (TPSA) is 9.23 Å². The van der Waals surface area contributed by atoms with Crippen molar-refractivity contribution in [3.63, 3.8) is 0 Å². The Morgan fingerprint density at radius 1 is 1.14 bits per heavy atom. The molecule has 2 heteroatoms. The number of ether oxygens (including phenoxy) is 1. The molecule has 1 aliphatic heterocycles. The van der Waals surface area contributed by atoms with E-state index in [1.165, 1.54) is 26.5 Å². The number of allylic oxidation sites excluding steroid dienone is 4. The lowest BCUT2D eigenvalue weighted by Crippen LogP contribution is -2.02. The number of rotatable bonds is 3. The zero-order valence-corrected chi connectivity index (χ0v) is 14.0. The second-order valence-electron chi connectivity index (χ2n) is 5.82. The maximum atomic E-state index is 6.10. The van der Waals surface area contributed by atoms with E-state index in [1.54, 1.807) is 0 Å². The highest BCUT2D eigenvalue weighted by atomic mass is 32.2. The fourth-order valence-corrected chi connectivity index (χ4v) is 3.97. The van der Waals surface area contributed by atoms with Crippen LogP contribution in [0.3, 0.4) is 0 Å². The van der Waals surface area contributed by atoms with E-state index in [-0.39, 0.29) is 0 Å². The molecule has 1 aromatic rings. The molecule has 0 saturated heterocycles. The van der Waals surface area contributed by atoms with Gasteiger partial charge in [0.25, 0.3) is 0 Å². The van der Waals surface area contributed by atoms with Crippen LogP contribution in [0.4, 0.5) is 0 Å². The van der Waals surface area contributed by atoms with E-state index in [9.17, 15) is 0 Å². The molecule has 0 unspecified atom stereocenters. The van der Waals surface area contributed by atoms with E-state index >= 15 is 0 Å². The number of fused-ring (bicyclic) bond motifs is 1. The maximum absolute atomic E-state index is 6.10. The van der Waals surface area contributed by atoms with Crippen LogP contribution in [0.15, 0.2) is 57.1 Å². The second kappa shape index (κ2) is 5.76. The van der Waals surface area contributed by atoms with Crippen LogP contribution in [-0.2, 0) is 0 Å². The van der Waals surface area contributed by atoms with Crippen LogP contribution in [0, 0.1) is 0 Å². The van der Waals surface area contributed by atoms with E-state index in [2.05, 4.69) is 58.0 Å². The molecule has 0 aromatic heterocycles. The Labute approximate surface area is 131 Å². The van der Waals surface area contributed by atoms with Gasteiger partial charge in [0, 0.05) is 0 Å². The summed E-state index contributed by atoms with van der Waals surface area (Å²) in [6.45, 7) is 8.93. The lowest BCUT2D eigenvalue weighted by atomic mass is 10.0. The van der Waals surface area contributed by atoms with Gasteiger partial charge in [0.05, 0.1) is 9.80 Å². The van der Waals surface area contributed by atoms with Gasteiger partial charge < -0.3 is 4.74 Å². The highest BCUT2D eigenvalue weighted by Crippen LogP contribution is 2.49. The third-order valence-corrected chi connectivity index (χ3v) is 5.33. The minimum Gasteiger partial charge on any atom is -0.455 e. The van der Waals surface area contributed by atoms with Crippen molar-refractivity contribution in [1.82, 2.24) is 0 Å². The van der Waals surface area contributed by atoms with Crippen molar-refractivity contribution in [3.8, 4) is 5.75 Å². The quantitative estimate of drug-likeness (QED) is 0.657. The van der Waals surface area contributed by atoms with Crippen LogP contribution in [0.5, 0.6) is 5.75 Å². The van der Waals surface area contributed by atoms with Gasteiger partial charge in [0.2, 0.25) is 0 Å². The van der Waals surface area contributed by atoms with Crippen LogP contribution in [0.25, 0.3) is 0 Å². The average Bonchev–Trinajstić information content (AvgIpc) is 2.88. The van der Waals surface area contributed by atoms with Crippen molar-refractivity contribution < 1.29 is 4.74 Å². The summed E-state index contributed by atoms with van der Waals surface area (Å²) in [7, 11) is 0. The highest BCUT2D eigenvalue weighted by molar-refractivity contribution is 8.03. The molecule has 0 bridgehead atoms. The maximum Gasteiger partial charge on any atom is 0.142 e. The van der Waals surface area contributed by atoms with Crippen molar-refractivity contribution >= 4 is 11.8 Å². The standard InChI is InChI=1S/C19H22OS/c1-5-13(6-2)15-8-10-17-19(15)21-18-11-14(12(3)4)7-9-16(18)20-17/h7-12H,5-6H2,1-4H3. The predicted molar refractivity (Wildman–Crippen MR) is 90.8 cm³/mol. The molecule has 0 N–H and O–H groups in total. The summed E-state index contributed by atoms with van der Waals surface area (Å²) in [5.41, 5.74) is 4.26. The van der Waals surface area contributed by atoms with E-state index in [4.69, 9.17) is 4.74 Å². The normalized spacial score (nSPS) is 16.1. The van der Waals surface area contributed by atoms with Crippen LogP contribution in [0.1, 0.15) is 52.0 Å². The van der Waals surface area contributed by atoms with Crippen LogP contribution >= 0.6 is 11.8 Å². The fourth-order valence-electron chi connectivity index (χ4n) is 2.81. The Bertz CT molecular complexity index is 656. The molecule has 21 heavy (non-hydrogen) atoms. The summed E-state index contributed by atoms with van der Waals surface area (Å²) in [5.74, 6) is 2.55. The highest BCUT2D eigenvalue weighted by Gasteiger charge is 2.26. The third-order valence-electron chi connectivity index (χ3n) is 4.17. The van der Waals surface area contributed by atoms with Crippen molar-refractivity contribution in [1.29, 1.82) is 0 Å². The van der Waals surface area contributed by atoms with E-state index in [0.29, 0.717) is 5.92 Å². The molecular weight excluding hydrogens is 276 g/mol. The predicted octanol–water partition coefficient (Wildman–Crippen LogP) is 6.19. The van der Waals surface area contributed by atoms with E-state index in [1.807, 2.05) is 11.8 Å². The first kappa shape index (κ1) is 14.5. The van der Waals surface area contributed by atoms with Gasteiger partial charge in [-0.3, -0.25) is 0 Å². The first-order valence-electron chi connectivity index (χ1n) is 7.78. The summed E-state index contributed by atoms with van der Waals surface area (Å²) in [6.07, 6.45) is 6.54. The number of hydrogen-bond donors (Lipinski definition) is 0. The van der Waals surface area contributed by atoms with Crippen LogP contribution < -0.4 is 4.74 Å². The van der Waals surface area contributed by atoms with Gasteiger partial charge in [-0.25, -0.2) is 0 Å². The van der Waals surface area contributed by atoms with Crippen molar-refractivity contribution in [2.24, 2.45) is 0 Å². The fraction of sp³-hybridized carbons (Fsp3) is 0.368. The lowest BCUT2D eigenvalue weighted by Gasteiger charge is -2.21. The SMILES string of the molecule is CCC(CC)=C1C=CC2=C1Sc1cc(C(C)C)ccc1O2. The molecule has 0 spiro atoms. The third kappa shape index (κ3) is 2.57. The van der Waals surface area contributed by atoms with Crippen molar-refractivity contribution in [3.05, 3.63) is 57.7 Å². The number of hydrogen-bond acceptors (Lipinski definition) is 2. The monoisotopic (exact) mass is 298 g/mol. The Balaban J connectivity index is 1.99. The van der Waals surface area contributed by atoms with Crippen LogP contribution in [-0.4, -0.2) is 0 Å². The molecule has 3 rings (SSSR count). The largest absolute Gasteiger partial charge is 0.455 e. The minimum absolute atomic E-state index is 0.546.